The van der Waals surface area contributed by atoms with Gasteiger partial charge in [0.1, 0.15) is 17.6 Å². The lowest BCUT2D eigenvalue weighted by molar-refractivity contribution is 0.0918. The maximum atomic E-state index is 13.1. The molecule has 1 atom stereocenters. The molecule has 0 aliphatic carbocycles. The Kier molecular flexibility index (Phi) is 6.23. The number of hydrogen-bond donors (Lipinski definition) is 1. The molecule has 0 fully saturated rings. The number of amides is 1. The fraction of sp³-hybridized carbons (Fsp3) is 0.182. The number of methoxy groups -OCH3 is 3. The van der Waals surface area contributed by atoms with Gasteiger partial charge in [-0.15, -0.1) is 0 Å². The molecule has 0 saturated heterocycles. The third-order valence-electron chi connectivity index (χ3n) is 4.38. The number of carbonyl (C=O) groups is 1. The van der Waals surface area contributed by atoms with Crippen LogP contribution in [0.25, 0.3) is 11.3 Å². The van der Waals surface area contributed by atoms with Crippen molar-refractivity contribution in [3.63, 3.8) is 0 Å². The van der Waals surface area contributed by atoms with E-state index in [9.17, 15) is 14.4 Å². The third kappa shape index (κ3) is 4.20. The van der Waals surface area contributed by atoms with E-state index in [0.29, 0.717) is 34.1 Å². The zero-order valence-electron chi connectivity index (χ0n) is 16.6. The van der Waals surface area contributed by atoms with Crippen LogP contribution in [0.4, 0.5) is 4.39 Å². The van der Waals surface area contributed by atoms with Gasteiger partial charge in [-0.3, -0.25) is 4.79 Å². The first-order valence-corrected chi connectivity index (χ1v) is 8.86. The molecule has 3 aromatic rings. The van der Waals surface area contributed by atoms with Crippen LogP contribution >= 0.6 is 0 Å². The minimum absolute atomic E-state index is 0.0158. The molecular weight excluding hydrogens is 391 g/mol. The van der Waals surface area contributed by atoms with Crippen LogP contribution in [-0.2, 0) is 0 Å². The molecule has 7 nitrogen and oxygen atoms in total. The second kappa shape index (κ2) is 9.01. The third-order valence-corrected chi connectivity index (χ3v) is 4.38. The van der Waals surface area contributed by atoms with Crippen molar-refractivity contribution in [1.29, 1.82) is 5.26 Å². The van der Waals surface area contributed by atoms with Crippen LogP contribution in [0.5, 0.6) is 17.2 Å². The average molecular weight is 410 g/mol. The molecule has 0 aliphatic heterocycles. The standard InChI is InChI=1S/C22H19FN2O5/c1-27-19-10-14(11-20(28-2)21(19)29-3)16(12-24)25-22(26)18-9-8-17(30-18)13-4-6-15(23)7-5-13/h4-11,16H,1-3H3,(H,25,26). The van der Waals surface area contributed by atoms with E-state index >= 15 is 0 Å². The average Bonchev–Trinajstić information content (AvgIpc) is 3.27. The molecule has 1 amide bonds. The summed E-state index contributed by atoms with van der Waals surface area (Å²) in [5.74, 6) is 0.565. The Morgan fingerprint density at radius 2 is 1.67 bits per heavy atom. The summed E-state index contributed by atoms with van der Waals surface area (Å²) in [7, 11) is 4.39. The summed E-state index contributed by atoms with van der Waals surface area (Å²) in [6.07, 6.45) is 0. The molecule has 0 radical (unpaired) electrons. The lowest BCUT2D eigenvalue weighted by Gasteiger charge is -2.17. The van der Waals surface area contributed by atoms with E-state index in [4.69, 9.17) is 18.6 Å². The summed E-state index contributed by atoms with van der Waals surface area (Å²) in [5, 5.41) is 12.2. The Morgan fingerprint density at radius 1 is 1.03 bits per heavy atom. The number of ether oxygens (including phenoxy) is 3. The smallest absolute Gasteiger partial charge is 0.288 e. The summed E-state index contributed by atoms with van der Waals surface area (Å²) in [4.78, 5) is 12.6. The second-order valence-corrected chi connectivity index (χ2v) is 6.17. The van der Waals surface area contributed by atoms with Crippen molar-refractivity contribution in [2.75, 3.05) is 21.3 Å². The monoisotopic (exact) mass is 410 g/mol. The number of rotatable bonds is 7. The summed E-state index contributed by atoms with van der Waals surface area (Å²) < 4.78 is 34.5. The first-order chi connectivity index (χ1) is 14.5. The van der Waals surface area contributed by atoms with E-state index in [1.807, 2.05) is 6.07 Å². The highest BCUT2D eigenvalue weighted by Crippen LogP contribution is 2.39. The van der Waals surface area contributed by atoms with Gasteiger partial charge in [0.25, 0.3) is 5.91 Å². The van der Waals surface area contributed by atoms with Crippen molar-refractivity contribution in [3.8, 4) is 34.6 Å². The summed E-state index contributed by atoms with van der Waals surface area (Å²) >= 11 is 0. The molecule has 1 heterocycles. The Bertz CT molecular complexity index is 1060. The van der Waals surface area contributed by atoms with Gasteiger partial charge in [-0.05, 0) is 54.1 Å². The highest BCUT2D eigenvalue weighted by molar-refractivity contribution is 5.92. The van der Waals surface area contributed by atoms with Gasteiger partial charge in [0.2, 0.25) is 5.75 Å². The molecule has 1 unspecified atom stereocenters. The van der Waals surface area contributed by atoms with Gasteiger partial charge in [-0.2, -0.15) is 5.26 Å². The van der Waals surface area contributed by atoms with E-state index in [0.717, 1.165) is 0 Å². The van der Waals surface area contributed by atoms with Crippen LogP contribution in [0.2, 0.25) is 0 Å². The maximum absolute atomic E-state index is 13.1. The van der Waals surface area contributed by atoms with Crippen molar-refractivity contribution in [1.82, 2.24) is 5.32 Å². The number of benzene rings is 2. The number of hydrogen-bond acceptors (Lipinski definition) is 6. The van der Waals surface area contributed by atoms with Crippen LogP contribution in [0.15, 0.2) is 52.9 Å². The Labute approximate surface area is 172 Å². The highest BCUT2D eigenvalue weighted by Gasteiger charge is 2.22. The van der Waals surface area contributed by atoms with Crippen molar-refractivity contribution in [3.05, 3.63) is 65.7 Å². The Morgan fingerprint density at radius 3 is 2.20 bits per heavy atom. The topological polar surface area (TPSA) is 93.7 Å². The fourth-order valence-corrected chi connectivity index (χ4v) is 2.89. The molecule has 1 aromatic heterocycles. The lowest BCUT2D eigenvalue weighted by Crippen LogP contribution is -2.27. The Hall–Kier alpha value is -3.99. The molecule has 154 valence electrons. The zero-order chi connectivity index (χ0) is 21.7. The van der Waals surface area contributed by atoms with Gasteiger partial charge in [0, 0.05) is 5.56 Å². The molecule has 30 heavy (non-hydrogen) atoms. The molecule has 1 N–H and O–H groups in total. The number of nitrogens with zero attached hydrogens (tertiary/aromatic N) is 1. The molecule has 0 saturated carbocycles. The van der Waals surface area contributed by atoms with Crippen LogP contribution in [0.1, 0.15) is 22.2 Å². The minimum Gasteiger partial charge on any atom is -0.493 e. The van der Waals surface area contributed by atoms with Gasteiger partial charge in [0.15, 0.2) is 17.3 Å². The largest absolute Gasteiger partial charge is 0.493 e. The number of nitrogens with one attached hydrogen (secondary N) is 1. The minimum atomic E-state index is -0.995. The lowest BCUT2D eigenvalue weighted by atomic mass is 10.1. The van der Waals surface area contributed by atoms with Gasteiger partial charge < -0.3 is 23.9 Å². The highest BCUT2D eigenvalue weighted by atomic mass is 19.1. The number of carbonyl (C=O) groups excluding carboxylic acids is 1. The fourth-order valence-electron chi connectivity index (χ4n) is 2.89. The van der Waals surface area contributed by atoms with Crippen LogP contribution in [0.3, 0.4) is 0 Å². The summed E-state index contributed by atoms with van der Waals surface area (Å²) in [5.41, 5.74) is 1.07. The first kappa shape index (κ1) is 20.7. The predicted octanol–water partition coefficient (Wildman–Crippen LogP) is 4.11. The van der Waals surface area contributed by atoms with Crippen molar-refractivity contribution in [2.45, 2.75) is 6.04 Å². The molecule has 3 rings (SSSR count). The first-order valence-electron chi connectivity index (χ1n) is 8.86. The number of nitriles is 1. The molecule has 0 spiro atoms. The zero-order valence-corrected chi connectivity index (χ0v) is 16.6. The quantitative estimate of drug-likeness (QED) is 0.630. The van der Waals surface area contributed by atoms with Crippen LogP contribution in [0, 0.1) is 17.1 Å². The van der Waals surface area contributed by atoms with Gasteiger partial charge >= 0.3 is 0 Å². The number of halogens is 1. The Balaban J connectivity index is 1.84. The predicted molar refractivity (Wildman–Crippen MR) is 106 cm³/mol. The van der Waals surface area contributed by atoms with Crippen molar-refractivity contribution in [2.24, 2.45) is 0 Å². The summed E-state index contributed by atoms with van der Waals surface area (Å²) in [6.45, 7) is 0. The van der Waals surface area contributed by atoms with Gasteiger partial charge in [-0.1, -0.05) is 0 Å². The van der Waals surface area contributed by atoms with Gasteiger partial charge in [0.05, 0.1) is 27.4 Å². The molecule has 8 heteroatoms. The van der Waals surface area contributed by atoms with E-state index in [1.165, 1.54) is 39.5 Å². The second-order valence-electron chi connectivity index (χ2n) is 6.17. The maximum Gasteiger partial charge on any atom is 0.288 e. The molecule has 0 aliphatic rings. The summed E-state index contributed by atoms with van der Waals surface area (Å²) in [6, 6.07) is 13.0. The number of furan rings is 1. The normalized spacial score (nSPS) is 11.3. The van der Waals surface area contributed by atoms with Crippen LogP contribution < -0.4 is 19.5 Å². The molecular formula is C22H19FN2O5. The van der Waals surface area contributed by atoms with Crippen molar-refractivity contribution >= 4 is 5.91 Å². The van der Waals surface area contributed by atoms with E-state index in [1.54, 1.807) is 30.3 Å². The molecule has 2 aromatic carbocycles. The van der Waals surface area contributed by atoms with E-state index in [2.05, 4.69) is 5.32 Å². The van der Waals surface area contributed by atoms with Crippen LogP contribution in [-0.4, -0.2) is 27.2 Å². The van der Waals surface area contributed by atoms with Crippen molar-refractivity contribution < 1.29 is 27.8 Å². The van der Waals surface area contributed by atoms with E-state index in [-0.39, 0.29) is 11.6 Å². The molecule has 0 bridgehead atoms. The van der Waals surface area contributed by atoms with Gasteiger partial charge in [-0.25, -0.2) is 4.39 Å². The van der Waals surface area contributed by atoms with E-state index < -0.39 is 11.9 Å². The SMILES string of the molecule is COc1cc(C(C#N)NC(=O)c2ccc(-c3ccc(F)cc3)o2)cc(OC)c1OC.